The van der Waals surface area contributed by atoms with Gasteiger partial charge in [-0.05, 0) is 18.6 Å². The van der Waals surface area contributed by atoms with Crippen molar-refractivity contribution in [3.05, 3.63) is 24.3 Å². The number of anilines is 1. The summed E-state index contributed by atoms with van der Waals surface area (Å²) in [4.78, 5) is 11.6. The van der Waals surface area contributed by atoms with Crippen LogP contribution in [0.4, 0.5) is 5.69 Å². The molecule has 1 amide bonds. The fourth-order valence-corrected chi connectivity index (χ4v) is 1.26. The van der Waals surface area contributed by atoms with Gasteiger partial charge in [-0.3, -0.25) is 4.79 Å². The van der Waals surface area contributed by atoms with Crippen molar-refractivity contribution >= 4 is 24.0 Å². The molecule has 0 saturated carbocycles. The molecule has 0 fully saturated rings. The van der Waals surface area contributed by atoms with Gasteiger partial charge in [0.15, 0.2) is 0 Å². The van der Waals surface area contributed by atoms with Crippen molar-refractivity contribution in [1.82, 2.24) is 0 Å². The molecular formula is C13H21ClN2O2. The summed E-state index contributed by atoms with van der Waals surface area (Å²) in [5, 5.41) is 2.81. The third kappa shape index (κ3) is 5.38. The van der Waals surface area contributed by atoms with Gasteiger partial charge in [-0.1, -0.05) is 19.9 Å². The molecule has 0 aromatic heterocycles. The van der Waals surface area contributed by atoms with E-state index >= 15 is 0 Å². The Balaban J connectivity index is 0.00000289. The molecule has 0 spiro atoms. The first-order valence-electron chi connectivity index (χ1n) is 5.91. The second kappa shape index (κ2) is 8.78. The van der Waals surface area contributed by atoms with Gasteiger partial charge in [-0.2, -0.15) is 0 Å². The van der Waals surface area contributed by atoms with Crippen LogP contribution in [-0.4, -0.2) is 19.1 Å². The molecule has 0 saturated heterocycles. The molecule has 1 unspecified atom stereocenters. The van der Waals surface area contributed by atoms with E-state index in [0.717, 1.165) is 17.9 Å². The fraction of sp³-hybridized carbons (Fsp3) is 0.462. The van der Waals surface area contributed by atoms with Crippen molar-refractivity contribution in [3.63, 3.8) is 0 Å². The number of benzene rings is 1. The number of hydrogen-bond donors (Lipinski definition) is 2. The van der Waals surface area contributed by atoms with E-state index in [2.05, 4.69) is 12.2 Å². The van der Waals surface area contributed by atoms with Gasteiger partial charge in [-0.25, -0.2) is 0 Å². The lowest BCUT2D eigenvalue weighted by atomic mass is 10.1. The third-order valence-corrected chi connectivity index (χ3v) is 2.38. The van der Waals surface area contributed by atoms with Crippen molar-refractivity contribution in [2.75, 3.05) is 18.5 Å². The molecule has 4 nitrogen and oxygen atoms in total. The Hall–Kier alpha value is -1.26. The summed E-state index contributed by atoms with van der Waals surface area (Å²) >= 11 is 0. The van der Waals surface area contributed by atoms with Crippen LogP contribution in [0.15, 0.2) is 24.3 Å². The molecule has 102 valence electrons. The first-order valence-corrected chi connectivity index (χ1v) is 5.91. The van der Waals surface area contributed by atoms with Gasteiger partial charge in [0.2, 0.25) is 5.91 Å². The molecule has 0 heterocycles. The highest BCUT2D eigenvalue weighted by Gasteiger charge is 2.10. The molecule has 3 N–H and O–H groups in total. The Kier molecular flexibility index (Phi) is 8.16. The van der Waals surface area contributed by atoms with Gasteiger partial charge in [0, 0.05) is 24.2 Å². The number of halogens is 1. The molecule has 0 radical (unpaired) electrons. The number of ether oxygens (including phenoxy) is 1. The largest absolute Gasteiger partial charge is 0.494 e. The van der Waals surface area contributed by atoms with Crippen LogP contribution in [-0.2, 0) is 4.79 Å². The summed E-state index contributed by atoms with van der Waals surface area (Å²) in [6, 6.07) is 7.38. The number of rotatable bonds is 6. The third-order valence-electron chi connectivity index (χ3n) is 2.38. The predicted molar refractivity (Wildman–Crippen MR) is 76.3 cm³/mol. The van der Waals surface area contributed by atoms with Crippen LogP contribution in [0.2, 0.25) is 0 Å². The highest BCUT2D eigenvalue weighted by molar-refractivity contribution is 5.92. The number of nitrogens with two attached hydrogens (primary N) is 1. The van der Waals surface area contributed by atoms with E-state index < -0.39 is 0 Å². The minimum Gasteiger partial charge on any atom is -0.494 e. The van der Waals surface area contributed by atoms with Crippen molar-refractivity contribution < 1.29 is 9.53 Å². The first kappa shape index (κ1) is 16.7. The molecule has 18 heavy (non-hydrogen) atoms. The summed E-state index contributed by atoms with van der Waals surface area (Å²) in [5.41, 5.74) is 6.18. The monoisotopic (exact) mass is 272 g/mol. The first-order chi connectivity index (χ1) is 8.17. The Morgan fingerprint density at radius 1 is 1.50 bits per heavy atom. The Morgan fingerprint density at radius 2 is 2.22 bits per heavy atom. The minimum absolute atomic E-state index is 0. The van der Waals surface area contributed by atoms with Crippen LogP contribution in [0.3, 0.4) is 0 Å². The zero-order chi connectivity index (χ0) is 12.7. The lowest BCUT2D eigenvalue weighted by molar-refractivity contribution is -0.119. The van der Waals surface area contributed by atoms with E-state index in [4.69, 9.17) is 10.5 Å². The zero-order valence-corrected chi connectivity index (χ0v) is 11.6. The normalized spacial score (nSPS) is 11.3. The molecule has 0 aliphatic heterocycles. The maximum atomic E-state index is 11.6. The van der Waals surface area contributed by atoms with Crippen LogP contribution >= 0.6 is 12.4 Å². The summed E-state index contributed by atoms with van der Waals surface area (Å²) in [6.45, 7) is 4.87. The molecule has 1 atom stereocenters. The predicted octanol–water partition coefficient (Wildman–Crippen LogP) is 2.43. The zero-order valence-electron chi connectivity index (χ0n) is 10.8. The SMILES string of the molecule is CCCOc1cccc(NC(=O)C(C)CN)c1.Cl. The molecular weight excluding hydrogens is 252 g/mol. The average molecular weight is 273 g/mol. The standard InChI is InChI=1S/C13H20N2O2.ClH/c1-3-7-17-12-6-4-5-11(8-12)15-13(16)10(2)9-14;/h4-6,8,10H,3,7,9,14H2,1-2H3,(H,15,16);1H. The van der Waals surface area contributed by atoms with E-state index in [1.54, 1.807) is 6.92 Å². The van der Waals surface area contributed by atoms with Gasteiger partial charge >= 0.3 is 0 Å². The topological polar surface area (TPSA) is 64.3 Å². The molecule has 1 rings (SSSR count). The van der Waals surface area contributed by atoms with E-state index in [-0.39, 0.29) is 24.2 Å². The quantitative estimate of drug-likeness (QED) is 0.836. The number of amides is 1. The lowest BCUT2D eigenvalue weighted by Crippen LogP contribution is -2.26. The van der Waals surface area contributed by atoms with Gasteiger partial charge in [0.25, 0.3) is 0 Å². The van der Waals surface area contributed by atoms with Crippen LogP contribution in [0.1, 0.15) is 20.3 Å². The van der Waals surface area contributed by atoms with Crippen LogP contribution in [0, 0.1) is 5.92 Å². The van der Waals surface area contributed by atoms with Gasteiger partial charge < -0.3 is 15.8 Å². The van der Waals surface area contributed by atoms with Crippen LogP contribution in [0.25, 0.3) is 0 Å². The molecule has 0 aliphatic carbocycles. The lowest BCUT2D eigenvalue weighted by Gasteiger charge is -2.11. The van der Waals surface area contributed by atoms with E-state index in [0.29, 0.717) is 13.2 Å². The van der Waals surface area contributed by atoms with E-state index in [1.807, 2.05) is 24.3 Å². The second-order valence-corrected chi connectivity index (χ2v) is 4.00. The van der Waals surface area contributed by atoms with Gasteiger partial charge in [-0.15, -0.1) is 12.4 Å². The minimum atomic E-state index is -0.185. The number of nitrogens with one attached hydrogen (secondary N) is 1. The smallest absolute Gasteiger partial charge is 0.228 e. The second-order valence-electron chi connectivity index (χ2n) is 4.00. The molecule has 1 aromatic rings. The van der Waals surface area contributed by atoms with Crippen LogP contribution < -0.4 is 15.8 Å². The molecule has 0 bridgehead atoms. The fourth-order valence-electron chi connectivity index (χ4n) is 1.26. The number of carbonyl (C=O) groups is 1. The summed E-state index contributed by atoms with van der Waals surface area (Å²) < 4.78 is 5.49. The molecule has 1 aromatic carbocycles. The summed E-state index contributed by atoms with van der Waals surface area (Å²) in [5.74, 6) is 0.514. The van der Waals surface area contributed by atoms with E-state index in [1.165, 1.54) is 0 Å². The van der Waals surface area contributed by atoms with Crippen LogP contribution in [0.5, 0.6) is 5.75 Å². The average Bonchev–Trinajstić information content (AvgIpc) is 2.35. The van der Waals surface area contributed by atoms with Gasteiger partial charge in [0.05, 0.1) is 6.61 Å². The maximum absolute atomic E-state index is 11.6. The highest BCUT2D eigenvalue weighted by atomic mass is 35.5. The van der Waals surface area contributed by atoms with Crippen molar-refractivity contribution in [2.24, 2.45) is 11.7 Å². The summed E-state index contributed by atoms with van der Waals surface area (Å²) in [7, 11) is 0. The highest BCUT2D eigenvalue weighted by Crippen LogP contribution is 2.18. The van der Waals surface area contributed by atoms with Crippen molar-refractivity contribution in [2.45, 2.75) is 20.3 Å². The molecule has 5 heteroatoms. The van der Waals surface area contributed by atoms with Gasteiger partial charge in [0.1, 0.15) is 5.75 Å². The van der Waals surface area contributed by atoms with Crippen molar-refractivity contribution in [3.8, 4) is 5.75 Å². The number of carbonyl (C=O) groups excluding carboxylic acids is 1. The Bertz CT molecular complexity index is 372. The van der Waals surface area contributed by atoms with Crippen molar-refractivity contribution in [1.29, 1.82) is 0 Å². The number of hydrogen-bond acceptors (Lipinski definition) is 3. The Morgan fingerprint density at radius 3 is 2.83 bits per heavy atom. The van der Waals surface area contributed by atoms with E-state index in [9.17, 15) is 4.79 Å². The molecule has 0 aliphatic rings. The summed E-state index contributed by atoms with van der Waals surface area (Å²) in [6.07, 6.45) is 0.959. The Labute approximate surface area is 114 Å². The maximum Gasteiger partial charge on any atom is 0.228 e.